The first kappa shape index (κ1) is 12.8. The molecule has 2 aromatic rings. The third-order valence-electron chi connectivity index (χ3n) is 3.80. The molecule has 20 heavy (non-hydrogen) atoms. The van der Waals surface area contributed by atoms with Crippen molar-refractivity contribution in [2.45, 2.75) is 31.8 Å². The van der Waals surface area contributed by atoms with Crippen molar-refractivity contribution in [3.8, 4) is 6.07 Å². The Hall–Kier alpha value is -2.18. The molecule has 0 radical (unpaired) electrons. The third kappa shape index (κ3) is 2.71. The van der Waals surface area contributed by atoms with Crippen LogP contribution in [-0.2, 0) is 13.0 Å². The van der Waals surface area contributed by atoms with Crippen LogP contribution in [0.15, 0.2) is 42.6 Å². The molecule has 0 fully saturated rings. The number of hydrogen-bond acceptors (Lipinski definition) is 3. The maximum Gasteiger partial charge on any atom is 0.0991 e. The molecule has 1 aliphatic rings. The minimum Gasteiger partial charge on any atom is -0.305 e. The summed E-state index contributed by atoms with van der Waals surface area (Å²) in [5.74, 6) is 0. The summed E-state index contributed by atoms with van der Waals surface area (Å²) < 4.78 is 0. The van der Waals surface area contributed by atoms with Gasteiger partial charge < -0.3 is 5.32 Å². The van der Waals surface area contributed by atoms with Gasteiger partial charge in [-0.15, -0.1) is 0 Å². The lowest BCUT2D eigenvalue weighted by molar-refractivity contribution is 0.447. The predicted molar refractivity (Wildman–Crippen MR) is 77.9 cm³/mol. The zero-order valence-electron chi connectivity index (χ0n) is 11.3. The van der Waals surface area contributed by atoms with Crippen LogP contribution >= 0.6 is 0 Å². The molecule has 0 bridgehead atoms. The van der Waals surface area contributed by atoms with Gasteiger partial charge in [0.2, 0.25) is 0 Å². The molecule has 1 heterocycles. The summed E-state index contributed by atoms with van der Waals surface area (Å²) in [7, 11) is 0. The van der Waals surface area contributed by atoms with Gasteiger partial charge in [0.05, 0.1) is 23.4 Å². The zero-order valence-corrected chi connectivity index (χ0v) is 11.3. The van der Waals surface area contributed by atoms with Crippen LogP contribution in [0.1, 0.15) is 41.3 Å². The van der Waals surface area contributed by atoms with Crippen molar-refractivity contribution in [2.75, 3.05) is 0 Å². The average molecular weight is 263 g/mol. The summed E-state index contributed by atoms with van der Waals surface area (Å²) in [4.78, 5) is 4.53. The van der Waals surface area contributed by atoms with Gasteiger partial charge in [0, 0.05) is 12.7 Å². The van der Waals surface area contributed by atoms with Gasteiger partial charge in [-0.1, -0.05) is 18.2 Å². The van der Waals surface area contributed by atoms with E-state index >= 15 is 0 Å². The van der Waals surface area contributed by atoms with Gasteiger partial charge in [-0.05, 0) is 48.6 Å². The Kier molecular flexibility index (Phi) is 3.76. The standard InChI is InChI=1S/C17H17N3/c18-11-13-4-1-5-14(10-13)12-20-16-8-2-6-15-7-3-9-19-17(15)16/h1,3-5,7,9-10,16,20H,2,6,8,12H2. The molecule has 100 valence electrons. The summed E-state index contributed by atoms with van der Waals surface area (Å²) in [6.45, 7) is 0.774. The molecule has 0 amide bonds. The molecule has 3 nitrogen and oxygen atoms in total. The maximum absolute atomic E-state index is 8.93. The van der Waals surface area contributed by atoms with Crippen LogP contribution in [0.4, 0.5) is 0 Å². The number of fused-ring (bicyclic) bond motifs is 1. The molecule has 1 unspecified atom stereocenters. The second-order valence-corrected chi connectivity index (χ2v) is 5.19. The van der Waals surface area contributed by atoms with Crippen molar-refractivity contribution >= 4 is 0 Å². The van der Waals surface area contributed by atoms with Crippen molar-refractivity contribution in [3.05, 3.63) is 65.0 Å². The lowest BCUT2D eigenvalue weighted by Crippen LogP contribution is -2.25. The highest BCUT2D eigenvalue weighted by Gasteiger charge is 2.20. The van der Waals surface area contributed by atoms with E-state index < -0.39 is 0 Å². The minimum absolute atomic E-state index is 0.325. The first-order valence-electron chi connectivity index (χ1n) is 7.03. The van der Waals surface area contributed by atoms with Crippen LogP contribution < -0.4 is 5.32 Å². The Bertz CT molecular complexity index is 643. The van der Waals surface area contributed by atoms with E-state index in [-0.39, 0.29) is 0 Å². The Morgan fingerprint density at radius 1 is 1.30 bits per heavy atom. The van der Waals surface area contributed by atoms with Gasteiger partial charge in [0.1, 0.15) is 0 Å². The fourth-order valence-electron chi connectivity index (χ4n) is 2.80. The number of nitrogens with zero attached hydrogens (tertiary/aromatic N) is 2. The first-order chi connectivity index (χ1) is 9.86. The van der Waals surface area contributed by atoms with Crippen molar-refractivity contribution in [3.63, 3.8) is 0 Å². The van der Waals surface area contributed by atoms with E-state index in [2.05, 4.69) is 28.5 Å². The van der Waals surface area contributed by atoms with E-state index in [0.29, 0.717) is 11.6 Å². The molecular formula is C17H17N3. The summed E-state index contributed by atoms with van der Waals surface area (Å²) in [5, 5.41) is 12.5. The summed E-state index contributed by atoms with van der Waals surface area (Å²) in [6.07, 6.45) is 5.33. The highest BCUT2D eigenvalue weighted by molar-refractivity contribution is 5.33. The fraction of sp³-hybridized carbons (Fsp3) is 0.294. The van der Waals surface area contributed by atoms with Crippen LogP contribution in [0.5, 0.6) is 0 Å². The molecule has 0 aliphatic heterocycles. The van der Waals surface area contributed by atoms with E-state index in [1.54, 1.807) is 0 Å². The van der Waals surface area contributed by atoms with Crippen molar-refractivity contribution in [1.29, 1.82) is 5.26 Å². The summed E-state index contributed by atoms with van der Waals surface area (Å²) in [6, 6.07) is 14.4. The lowest BCUT2D eigenvalue weighted by atomic mass is 9.92. The van der Waals surface area contributed by atoms with Crippen molar-refractivity contribution < 1.29 is 0 Å². The van der Waals surface area contributed by atoms with Gasteiger partial charge in [0.15, 0.2) is 0 Å². The predicted octanol–water partition coefficient (Wildman–Crippen LogP) is 3.12. The highest BCUT2D eigenvalue weighted by atomic mass is 14.9. The van der Waals surface area contributed by atoms with Gasteiger partial charge >= 0.3 is 0 Å². The number of nitrogens with one attached hydrogen (secondary N) is 1. The Balaban J connectivity index is 1.72. The quantitative estimate of drug-likeness (QED) is 0.925. The third-order valence-corrected chi connectivity index (χ3v) is 3.80. The van der Waals surface area contributed by atoms with Crippen LogP contribution in [0, 0.1) is 11.3 Å². The molecule has 0 saturated heterocycles. The molecular weight excluding hydrogens is 246 g/mol. The number of aryl methyl sites for hydroxylation is 1. The normalized spacial score (nSPS) is 17.2. The number of benzene rings is 1. The number of aromatic nitrogens is 1. The van der Waals surface area contributed by atoms with Crippen molar-refractivity contribution in [1.82, 2.24) is 10.3 Å². The molecule has 0 spiro atoms. The van der Waals surface area contributed by atoms with Crippen LogP contribution in [0.2, 0.25) is 0 Å². The van der Waals surface area contributed by atoms with Gasteiger partial charge in [-0.3, -0.25) is 4.98 Å². The van der Waals surface area contributed by atoms with E-state index in [9.17, 15) is 0 Å². The van der Waals surface area contributed by atoms with Gasteiger partial charge in [-0.2, -0.15) is 5.26 Å². The Labute approximate surface area is 119 Å². The van der Waals surface area contributed by atoms with Crippen LogP contribution in [-0.4, -0.2) is 4.98 Å². The van der Waals surface area contributed by atoms with E-state index in [0.717, 1.165) is 24.9 Å². The summed E-state index contributed by atoms with van der Waals surface area (Å²) >= 11 is 0. The second kappa shape index (κ2) is 5.85. The number of hydrogen-bond donors (Lipinski definition) is 1. The SMILES string of the molecule is N#Cc1cccc(CNC2CCCc3cccnc32)c1. The number of rotatable bonds is 3. The van der Waals surface area contributed by atoms with Crippen LogP contribution in [0.25, 0.3) is 0 Å². The monoisotopic (exact) mass is 263 g/mol. The number of nitriles is 1. The molecule has 1 aromatic carbocycles. The minimum atomic E-state index is 0.325. The van der Waals surface area contributed by atoms with Crippen LogP contribution in [0.3, 0.4) is 0 Å². The second-order valence-electron chi connectivity index (χ2n) is 5.19. The summed E-state index contributed by atoms with van der Waals surface area (Å²) in [5.41, 5.74) is 4.41. The topological polar surface area (TPSA) is 48.7 Å². The average Bonchev–Trinajstić information content (AvgIpc) is 2.53. The van der Waals surface area contributed by atoms with Gasteiger partial charge in [0.25, 0.3) is 0 Å². The zero-order chi connectivity index (χ0) is 13.8. The first-order valence-corrected chi connectivity index (χ1v) is 7.03. The van der Waals surface area contributed by atoms with E-state index in [1.165, 1.54) is 17.7 Å². The Morgan fingerprint density at radius 2 is 2.25 bits per heavy atom. The Morgan fingerprint density at radius 3 is 3.15 bits per heavy atom. The van der Waals surface area contributed by atoms with E-state index in [4.69, 9.17) is 5.26 Å². The molecule has 1 aliphatic carbocycles. The molecule has 1 N–H and O–H groups in total. The smallest absolute Gasteiger partial charge is 0.0991 e. The van der Waals surface area contributed by atoms with Crippen molar-refractivity contribution in [2.24, 2.45) is 0 Å². The lowest BCUT2D eigenvalue weighted by Gasteiger charge is -2.25. The van der Waals surface area contributed by atoms with Gasteiger partial charge in [-0.25, -0.2) is 0 Å². The largest absolute Gasteiger partial charge is 0.305 e. The molecule has 1 aromatic heterocycles. The van der Waals surface area contributed by atoms with E-state index in [1.807, 2.05) is 30.5 Å². The molecule has 3 heteroatoms. The fourth-order valence-corrected chi connectivity index (χ4v) is 2.80. The molecule has 1 atom stereocenters. The molecule has 0 saturated carbocycles. The number of pyridine rings is 1. The highest BCUT2D eigenvalue weighted by Crippen LogP contribution is 2.27. The molecule has 3 rings (SSSR count). The maximum atomic E-state index is 8.93.